The van der Waals surface area contributed by atoms with Crippen LogP contribution in [0, 0.1) is 0 Å². The van der Waals surface area contributed by atoms with Crippen LogP contribution in [0.5, 0.6) is 0 Å². The molecule has 15 heavy (non-hydrogen) atoms. The second kappa shape index (κ2) is 3.27. The minimum absolute atomic E-state index is 0.0566. The monoisotopic (exact) mass is 206 g/mol. The smallest absolute Gasteiger partial charge is 0.318 e. The van der Waals surface area contributed by atoms with Crippen molar-refractivity contribution in [3.05, 3.63) is 24.0 Å². The molecular weight excluding hydrogens is 192 g/mol. The molecule has 1 aromatic heterocycles. The van der Waals surface area contributed by atoms with Crippen molar-refractivity contribution in [2.24, 2.45) is 0 Å². The van der Waals surface area contributed by atoms with E-state index in [0.717, 1.165) is 25.3 Å². The lowest BCUT2D eigenvalue weighted by Gasteiger charge is -2.34. The summed E-state index contributed by atoms with van der Waals surface area (Å²) in [5.74, 6) is 0. The molecule has 80 valence electrons. The quantitative estimate of drug-likeness (QED) is 0.640. The van der Waals surface area contributed by atoms with Gasteiger partial charge in [0.05, 0.1) is 12.1 Å². The maximum absolute atomic E-state index is 11.7. The van der Waals surface area contributed by atoms with E-state index in [0.29, 0.717) is 6.04 Å². The van der Waals surface area contributed by atoms with Crippen molar-refractivity contribution in [3.63, 3.8) is 0 Å². The molecule has 0 bridgehead atoms. The summed E-state index contributed by atoms with van der Waals surface area (Å²) in [5.41, 5.74) is 1.08. The molecule has 2 aliphatic rings. The van der Waals surface area contributed by atoms with Crippen molar-refractivity contribution in [1.29, 1.82) is 0 Å². The largest absolute Gasteiger partial charge is 0.363 e. The number of H-pyrrole nitrogens is 1. The highest BCUT2D eigenvalue weighted by atomic mass is 16.2. The van der Waals surface area contributed by atoms with Crippen LogP contribution in [0.2, 0.25) is 0 Å². The Morgan fingerprint density at radius 3 is 2.87 bits per heavy atom. The molecular formula is C10H14N4O. The SMILES string of the molecule is O=C1NC(c2ccc[nH]2)CN1C1CNC1. The second-order valence-electron chi connectivity index (χ2n) is 4.09. The van der Waals surface area contributed by atoms with Gasteiger partial charge in [-0.1, -0.05) is 0 Å². The number of urea groups is 1. The van der Waals surface area contributed by atoms with Crippen molar-refractivity contribution >= 4 is 6.03 Å². The number of hydrogen-bond donors (Lipinski definition) is 3. The van der Waals surface area contributed by atoms with Crippen LogP contribution in [0.4, 0.5) is 4.79 Å². The number of carbonyl (C=O) groups is 1. The van der Waals surface area contributed by atoms with Gasteiger partial charge in [-0.25, -0.2) is 4.79 Å². The molecule has 0 aromatic carbocycles. The van der Waals surface area contributed by atoms with Crippen LogP contribution in [0.1, 0.15) is 11.7 Å². The van der Waals surface area contributed by atoms with Crippen LogP contribution < -0.4 is 10.6 Å². The summed E-state index contributed by atoms with van der Waals surface area (Å²) in [7, 11) is 0. The third kappa shape index (κ3) is 1.39. The molecule has 5 heteroatoms. The van der Waals surface area contributed by atoms with Gasteiger partial charge in [0.1, 0.15) is 0 Å². The molecule has 0 saturated carbocycles. The van der Waals surface area contributed by atoms with Crippen LogP contribution >= 0.6 is 0 Å². The number of aromatic amines is 1. The van der Waals surface area contributed by atoms with Gasteiger partial charge in [0.15, 0.2) is 0 Å². The normalized spacial score (nSPS) is 26.5. The summed E-state index contributed by atoms with van der Waals surface area (Å²) in [5, 5.41) is 6.16. The van der Waals surface area contributed by atoms with Crippen molar-refractivity contribution in [1.82, 2.24) is 20.5 Å². The van der Waals surface area contributed by atoms with E-state index in [1.54, 1.807) is 0 Å². The van der Waals surface area contributed by atoms with Gasteiger partial charge in [0, 0.05) is 31.5 Å². The molecule has 5 nitrogen and oxygen atoms in total. The van der Waals surface area contributed by atoms with E-state index in [-0.39, 0.29) is 12.1 Å². The van der Waals surface area contributed by atoms with E-state index in [4.69, 9.17) is 0 Å². The molecule has 2 aliphatic heterocycles. The van der Waals surface area contributed by atoms with E-state index < -0.39 is 0 Å². The van der Waals surface area contributed by atoms with Crippen molar-refractivity contribution in [3.8, 4) is 0 Å². The molecule has 1 aromatic rings. The minimum atomic E-state index is 0.0566. The lowest BCUT2D eigenvalue weighted by molar-refractivity contribution is 0.172. The average molecular weight is 206 g/mol. The van der Waals surface area contributed by atoms with Gasteiger partial charge in [-0.3, -0.25) is 0 Å². The first-order valence-corrected chi connectivity index (χ1v) is 5.26. The average Bonchev–Trinajstić information content (AvgIpc) is 2.72. The van der Waals surface area contributed by atoms with Crippen molar-refractivity contribution in [2.45, 2.75) is 12.1 Å². The number of aromatic nitrogens is 1. The fourth-order valence-corrected chi connectivity index (χ4v) is 2.10. The van der Waals surface area contributed by atoms with E-state index in [1.807, 2.05) is 23.2 Å². The van der Waals surface area contributed by atoms with Gasteiger partial charge < -0.3 is 20.5 Å². The second-order valence-corrected chi connectivity index (χ2v) is 4.09. The van der Waals surface area contributed by atoms with Crippen molar-refractivity contribution in [2.75, 3.05) is 19.6 Å². The zero-order chi connectivity index (χ0) is 10.3. The van der Waals surface area contributed by atoms with Gasteiger partial charge in [-0.15, -0.1) is 0 Å². The zero-order valence-corrected chi connectivity index (χ0v) is 8.36. The van der Waals surface area contributed by atoms with Crippen LogP contribution in [0.25, 0.3) is 0 Å². The Morgan fingerprint density at radius 1 is 1.40 bits per heavy atom. The van der Waals surface area contributed by atoms with Gasteiger partial charge >= 0.3 is 6.03 Å². The molecule has 2 saturated heterocycles. The first kappa shape index (κ1) is 8.79. The molecule has 2 fully saturated rings. The summed E-state index contributed by atoms with van der Waals surface area (Å²) in [6, 6.07) is 4.52. The predicted octanol–water partition coefficient (Wildman–Crippen LogP) is 0.0528. The first-order valence-electron chi connectivity index (χ1n) is 5.26. The Morgan fingerprint density at radius 2 is 2.27 bits per heavy atom. The Balaban J connectivity index is 1.73. The standard InChI is InChI=1S/C10H14N4O/c15-10-13-9(8-2-1-3-12-8)6-14(10)7-4-11-5-7/h1-3,7,9,11-12H,4-6H2,(H,13,15). The van der Waals surface area contributed by atoms with Crippen molar-refractivity contribution < 1.29 is 4.79 Å². The molecule has 3 N–H and O–H groups in total. The molecule has 1 unspecified atom stereocenters. The Bertz CT molecular complexity index is 358. The summed E-state index contributed by atoms with van der Waals surface area (Å²) < 4.78 is 0. The molecule has 1 atom stereocenters. The number of nitrogens with zero attached hydrogens (tertiary/aromatic N) is 1. The van der Waals surface area contributed by atoms with Crippen LogP contribution in [0.15, 0.2) is 18.3 Å². The molecule has 0 spiro atoms. The highest BCUT2D eigenvalue weighted by Gasteiger charge is 2.37. The first-order chi connectivity index (χ1) is 7.34. The fourth-order valence-electron chi connectivity index (χ4n) is 2.10. The molecule has 2 amide bonds. The number of carbonyl (C=O) groups excluding carboxylic acids is 1. The van der Waals surface area contributed by atoms with Crippen LogP contribution in [-0.2, 0) is 0 Å². The highest BCUT2D eigenvalue weighted by Crippen LogP contribution is 2.21. The lowest BCUT2D eigenvalue weighted by Crippen LogP contribution is -2.57. The number of amides is 2. The fraction of sp³-hybridized carbons (Fsp3) is 0.500. The van der Waals surface area contributed by atoms with E-state index in [9.17, 15) is 4.79 Å². The molecule has 0 aliphatic carbocycles. The van der Waals surface area contributed by atoms with Gasteiger partial charge in [-0.05, 0) is 12.1 Å². The molecule has 0 radical (unpaired) electrons. The maximum atomic E-state index is 11.7. The number of nitrogens with one attached hydrogen (secondary N) is 3. The summed E-state index contributed by atoms with van der Waals surface area (Å²) in [6.07, 6.45) is 1.88. The van der Waals surface area contributed by atoms with E-state index >= 15 is 0 Å². The van der Waals surface area contributed by atoms with Crippen LogP contribution in [-0.4, -0.2) is 41.6 Å². The Labute approximate surface area is 87.8 Å². The lowest BCUT2D eigenvalue weighted by atomic mass is 10.1. The van der Waals surface area contributed by atoms with E-state index in [2.05, 4.69) is 15.6 Å². The summed E-state index contributed by atoms with van der Waals surface area (Å²) in [4.78, 5) is 16.7. The van der Waals surface area contributed by atoms with Gasteiger partial charge in [-0.2, -0.15) is 0 Å². The number of hydrogen-bond acceptors (Lipinski definition) is 2. The Kier molecular flexibility index (Phi) is 1.92. The highest BCUT2D eigenvalue weighted by molar-refractivity contribution is 5.77. The van der Waals surface area contributed by atoms with E-state index in [1.165, 1.54) is 0 Å². The van der Waals surface area contributed by atoms with Crippen LogP contribution in [0.3, 0.4) is 0 Å². The zero-order valence-electron chi connectivity index (χ0n) is 8.36. The Hall–Kier alpha value is -1.49. The third-order valence-electron chi connectivity index (χ3n) is 3.14. The topological polar surface area (TPSA) is 60.2 Å². The van der Waals surface area contributed by atoms with Gasteiger partial charge in [0.2, 0.25) is 0 Å². The predicted molar refractivity (Wildman–Crippen MR) is 55.4 cm³/mol. The minimum Gasteiger partial charge on any atom is -0.363 e. The molecule has 3 heterocycles. The summed E-state index contributed by atoms with van der Waals surface area (Å²) in [6.45, 7) is 2.61. The third-order valence-corrected chi connectivity index (χ3v) is 3.14. The summed E-state index contributed by atoms with van der Waals surface area (Å²) >= 11 is 0. The van der Waals surface area contributed by atoms with Gasteiger partial charge in [0.25, 0.3) is 0 Å². The number of rotatable bonds is 2. The maximum Gasteiger partial charge on any atom is 0.318 e. The molecule has 3 rings (SSSR count).